The molecule has 0 radical (unpaired) electrons. The molecule has 0 spiro atoms. The first-order valence-corrected chi connectivity index (χ1v) is 12.0. The molecule has 1 atom stereocenters. The first-order chi connectivity index (χ1) is 15.4. The number of carbonyl (C=O) groups excluding carboxylic acids is 3. The van der Waals surface area contributed by atoms with E-state index in [1.165, 1.54) is 16.7 Å². The number of fused-ring (bicyclic) bond motifs is 1. The Kier molecular flexibility index (Phi) is 6.84. The minimum atomic E-state index is -0.850. The van der Waals surface area contributed by atoms with E-state index in [0.717, 1.165) is 41.7 Å². The molecule has 3 amide bonds. The van der Waals surface area contributed by atoms with Crippen LogP contribution in [0.25, 0.3) is 0 Å². The second-order valence-corrected chi connectivity index (χ2v) is 9.62. The molecule has 4 rings (SSSR count). The third-order valence-corrected chi connectivity index (χ3v) is 7.36. The molecule has 7 heteroatoms. The van der Waals surface area contributed by atoms with Crippen molar-refractivity contribution in [1.82, 2.24) is 4.90 Å². The second-order valence-electron chi connectivity index (χ2n) is 8.48. The fourth-order valence-corrected chi connectivity index (χ4v) is 5.34. The van der Waals surface area contributed by atoms with Crippen LogP contribution in [0.1, 0.15) is 36.8 Å². The Labute approximate surface area is 193 Å². The van der Waals surface area contributed by atoms with E-state index >= 15 is 0 Å². The molecule has 0 aliphatic carbocycles. The van der Waals surface area contributed by atoms with Gasteiger partial charge in [-0.25, -0.2) is 0 Å². The zero-order valence-corrected chi connectivity index (χ0v) is 19.4. The standard InChI is InChI=1S/C25H29N3O3S/c1-17-11-12-19(15-18(17)2)26-22(29)16-28-20-9-5-6-10-21(20)32-23(25(28)31)24(30)27-13-7-3-4-8-14-27/h5-6,9-12,15,23H,3-4,7-8,13-14,16H2,1-2H3,(H,26,29)/t23-/m1/s1. The summed E-state index contributed by atoms with van der Waals surface area (Å²) in [6.45, 7) is 5.26. The van der Waals surface area contributed by atoms with Crippen LogP contribution in [0.3, 0.4) is 0 Å². The van der Waals surface area contributed by atoms with E-state index in [9.17, 15) is 14.4 Å². The molecule has 168 valence electrons. The Balaban J connectivity index is 1.54. The van der Waals surface area contributed by atoms with E-state index in [-0.39, 0.29) is 24.3 Å². The number of carbonyl (C=O) groups is 3. The number of hydrogen-bond donors (Lipinski definition) is 1. The number of benzene rings is 2. The molecule has 0 saturated carbocycles. The number of aryl methyl sites for hydroxylation is 2. The third kappa shape index (κ3) is 4.83. The number of nitrogens with zero attached hydrogens (tertiary/aromatic N) is 2. The van der Waals surface area contributed by atoms with Crippen molar-refractivity contribution in [2.24, 2.45) is 0 Å². The van der Waals surface area contributed by atoms with Gasteiger partial charge in [0, 0.05) is 23.7 Å². The number of anilines is 2. The van der Waals surface area contributed by atoms with Crippen molar-refractivity contribution >= 4 is 40.9 Å². The highest BCUT2D eigenvalue weighted by Crippen LogP contribution is 2.39. The van der Waals surface area contributed by atoms with Crippen molar-refractivity contribution in [3.8, 4) is 0 Å². The van der Waals surface area contributed by atoms with Crippen molar-refractivity contribution < 1.29 is 14.4 Å². The van der Waals surface area contributed by atoms with Crippen LogP contribution in [-0.4, -0.2) is 47.5 Å². The Morgan fingerprint density at radius 1 is 1.00 bits per heavy atom. The van der Waals surface area contributed by atoms with Crippen molar-refractivity contribution in [3.05, 3.63) is 53.6 Å². The predicted molar refractivity (Wildman–Crippen MR) is 128 cm³/mol. The smallest absolute Gasteiger partial charge is 0.250 e. The maximum atomic E-state index is 13.4. The maximum Gasteiger partial charge on any atom is 0.250 e. The zero-order chi connectivity index (χ0) is 22.7. The van der Waals surface area contributed by atoms with Crippen LogP contribution in [0.15, 0.2) is 47.4 Å². The highest BCUT2D eigenvalue weighted by molar-refractivity contribution is 8.01. The quantitative estimate of drug-likeness (QED) is 0.709. The summed E-state index contributed by atoms with van der Waals surface area (Å²) in [6.07, 6.45) is 4.16. The molecule has 0 bridgehead atoms. The SMILES string of the molecule is Cc1ccc(NC(=O)CN2C(=O)[C@@H](C(=O)N3CCCCCC3)Sc3ccccc32)cc1C. The van der Waals surface area contributed by atoms with Gasteiger partial charge in [-0.2, -0.15) is 0 Å². The van der Waals surface area contributed by atoms with Crippen LogP contribution in [0.5, 0.6) is 0 Å². The van der Waals surface area contributed by atoms with Gasteiger partial charge in [0.2, 0.25) is 11.8 Å². The van der Waals surface area contributed by atoms with E-state index < -0.39 is 5.25 Å². The lowest BCUT2D eigenvalue weighted by molar-refractivity contribution is -0.135. The molecule has 2 heterocycles. The maximum absolute atomic E-state index is 13.4. The van der Waals surface area contributed by atoms with Crippen LogP contribution >= 0.6 is 11.8 Å². The molecule has 1 N–H and O–H groups in total. The summed E-state index contributed by atoms with van der Waals surface area (Å²) in [4.78, 5) is 43.7. The van der Waals surface area contributed by atoms with Gasteiger partial charge in [-0.15, -0.1) is 11.8 Å². The van der Waals surface area contributed by atoms with Crippen LogP contribution < -0.4 is 10.2 Å². The lowest BCUT2D eigenvalue weighted by Crippen LogP contribution is -2.51. The molecule has 6 nitrogen and oxygen atoms in total. The van der Waals surface area contributed by atoms with Gasteiger partial charge in [-0.3, -0.25) is 14.4 Å². The molecule has 2 aliphatic heterocycles. The highest BCUT2D eigenvalue weighted by Gasteiger charge is 2.40. The molecule has 0 aromatic heterocycles. The second kappa shape index (κ2) is 9.77. The van der Waals surface area contributed by atoms with Crippen LogP contribution in [0.4, 0.5) is 11.4 Å². The van der Waals surface area contributed by atoms with Crippen molar-refractivity contribution in [3.63, 3.8) is 0 Å². The number of nitrogens with one attached hydrogen (secondary N) is 1. The highest BCUT2D eigenvalue weighted by atomic mass is 32.2. The van der Waals surface area contributed by atoms with Gasteiger partial charge in [-0.1, -0.05) is 31.0 Å². The van der Waals surface area contributed by atoms with Crippen molar-refractivity contribution in [1.29, 1.82) is 0 Å². The average molecular weight is 452 g/mol. The summed E-state index contributed by atoms with van der Waals surface area (Å²) in [7, 11) is 0. The van der Waals surface area contributed by atoms with E-state index in [0.29, 0.717) is 24.5 Å². The fraction of sp³-hybridized carbons (Fsp3) is 0.400. The largest absolute Gasteiger partial charge is 0.341 e. The summed E-state index contributed by atoms with van der Waals surface area (Å²) in [6, 6.07) is 13.2. The number of hydrogen-bond acceptors (Lipinski definition) is 4. The minimum Gasteiger partial charge on any atom is -0.341 e. The number of amides is 3. The monoisotopic (exact) mass is 451 g/mol. The molecule has 2 aromatic carbocycles. The lowest BCUT2D eigenvalue weighted by atomic mass is 10.1. The van der Waals surface area contributed by atoms with Gasteiger partial charge in [0.25, 0.3) is 5.91 Å². The summed E-state index contributed by atoms with van der Waals surface area (Å²) >= 11 is 1.30. The molecule has 1 saturated heterocycles. The minimum absolute atomic E-state index is 0.132. The number of rotatable bonds is 4. The third-order valence-electron chi connectivity index (χ3n) is 6.13. The van der Waals surface area contributed by atoms with Gasteiger partial charge in [0.05, 0.1) is 5.69 Å². The predicted octanol–water partition coefficient (Wildman–Crippen LogP) is 4.15. The Bertz CT molecular complexity index is 1030. The zero-order valence-electron chi connectivity index (χ0n) is 18.6. The van der Waals surface area contributed by atoms with Gasteiger partial charge in [-0.05, 0) is 62.1 Å². The first kappa shape index (κ1) is 22.4. The van der Waals surface area contributed by atoms with E-state index in [1.807, 2.05) is 61.2 Å². The van der Waals surface area contributed by atoms with Gasteiger partial charge in [0.1, 0.15) is 6.54 Å². The van der Waals surface area contributed by atoms with Gasteiger partial charge >= 0.3 is 0 Å². The molecular formula is C25H29N3O3S. The Morgan fingerprint density at radius 2 is 1.72 bits per heavy atom. The van der Waals surface area contributed by atoms with Crippen LogP contribution in [0, 0.1) is 13.8 Å². The van der Waals surface area contributed by atoms with Crippen LogP contribution in [-0.2, 0) is 14.4 Å². The van der Waals surface area contributed by atoms with Gasteiger partial charge in [0.15, 0.2) is 5.25 Å². The normalized spacial score (nSPS) is 18.7. The number of para-hydroxylation sites is 1. The molecule has 2 aromatic rings. The molecule has 32 heavy (non-hydrogen) atoms. The fourth-order valence-electron chi connectivity index (χ4n) is 4.16. The number of likely N-dealkylation sites (tertiary alicyclic amines) is 1. The van der Waals surface area contributed by atoms with Crippen molar-refractivity contribution in [2.75, 3.05) is 29.9 Å². The topological polar surface area (TPSA) is 69.7 Å². The summed E-state index contributed by atoms with van der Waals surface area (Å²) in [5.41, 5.74) is 3.61. The Morgan fingerprint density at radius 3 is 2.44 bits per heavy atom. The molecule has 1 fully saturated rings. The van der Waals surface area contributed by atoms with E-state index in [1.54, 1.807) is 0 Å². The Hall–Kier alpha value is -2.80. The van der Waals surface area contributed by atoms with E-state index in [2.05, 4.69) is 5.32 Å². The first-order valence-electron chi connectivity index (χ1n) is 11.2. The van der Waals surface area contributed by atoms with Crippen LogP contribution in [0.2, 0.25) is 0 Å². The van der Waals surface area contributed by atoms with Gasteiger partial charge < -0.3 is 15.1 Å². The molecule has 0 unspecified atom stereocenters. The molecule has 2 aliphatic rings. The average Bonchev–Trinajstić information content (AvgIpc) is 3.07. The molecular weight excluding hydrogens is 422 g/mol. The summed E-state index contributed by atoms with van der Waals surface area (Å²) in [5, 5.41) is 2.04. The number of thioether (sulfide) groups is 1. The van der Waals surface area contributed by atoms with Crippen molar-refractivity contribution in [2.45, 2.75) is 49.7 Å². The van der Waals surface area contributed by atoms with E-state index in [4.69, 9.17) is 0 Å². The summed E-state index contributed by atoms with van der Waals surface area (Å²) < 4.78 is 0. The lowest BCUT2D eigenvalue weighted by Gasteiger charge is -2.34. The summed E-state index contributed by atoms with van der Waals surface area (Å²) in [5.74, 6) is -0.751.